The van der Waals surface area contributed by atoms with Crippen molar-refractivity contribution in [3.05, 3.63) is 29.8 Å². The smallest absolute Gasteiger partial charge is 0.270 e. The number of carbonyl (C=O) groups excluding carboxylic acids is 2. The van der Waals surface area contributed by atoms with Crippen molar-refractivity contribution in [2.45, 2.75) is 46.1 Å². The number of nitrogens with zero attached hydrogens (tertiary/aromatic N) is 3. The number of hydrogen-bond acceptors (Lipinski definition) is 5. The summed E-state index contributed by atoms with van der Waals surface area (Å²) in [5, 5.41) is 4.01. The van der Waals surface area contributed by atoms with Crippen LogP contribution in [0, 0.1) is 11.8 Å². The molecule has 0 spiro atoms. The van der Waals surface area contributed by atoms with Crippen LogP contribution < -0.4 is 10.2 Å². The van der Waals surface area contributed by atoms with E-state index in [2.05, 4.69) is 41.4 Å². The quantitative estimate of drug-likeness (QED) is 0.710. The molecule has 0 radical (unpaired) electrons. The molecule has 30 heavy (non-hydrogen) atoms. The molecule has 0 aromatic heterocycles. The summed E-state index contributed by atoms with van der Waals surface area (Å²) in [4.78, 5) is 28.8. The fourth-order valence-corrected chi connectivity index (χ4v) is 4.21. The Morgan fingerprint density at radius 2 is 2.00 bits per heavy atom. The van der Waals surface area contributed by atoms with Crippen molar-refractivity contribution >= 4 is 17.5 Å². The lowest BCUT2D eigenvalue weighted by molar-refractivity contribution is -0.126. The molecule has 2 aliphatic rings. The highest BCUT2D eigenvalue weighted by Gasteiger charge is 2.28. The van der Waals surface area contributed by atoms with Crippen LogP contribution in [0.1, 0.15) is 45.1 Å². The number of rotatable bonds is 8. The average molecular weight is 415 g/mol. The van der Waals surface area contributed by atoms with E-state index >= 15 is 0 Å². The summed E-state index contributed by atoms with van der Waals surface area (Å²) in [6.45, 7) is 8.65. The maximum absolute atomic E-state index is 13.0. The molecular formula is C23H34N4O3. The number of amides is 2. The molecule has 2 aliphatic heterocycles. The van der Waals surface area contributed by atoms with E-state index in [4.69, 9.17) is 4.74 Å². The number of methoxy groups -OCH3 is 1. The number of benzene rings is 1. The number of hydrazone groups is 1. The van der Waals surface area contributed by atoms with Crippen molar-refractivity contribution in [3.63, 3.8) is 0 Å². The third kappa shape index (κ3) is 6.05. The summed E-state index contributed by atoms with van der Waals surface area (Å²) in [6.07, 6.45) is 2.90. The Balaban J connectivity index is 1.55. The van der Waals surface area contributed by atoms with Gasteiger partial charge in [0, 0.05) is 38.0 Å². The van der Waals surface area contributed by atoms with E-state index in [1.165, 1.54) is 5.56 Å². The maximum atomic E-state index is 13.0. The van der Waals surface area contributed by atoms with Crippen LogP contribution in [-0.4, -0.2) is 60.6 Å². The third-order valence-corrected chi connectivity index (χ3v) is 5.80. The van der Waals surface area contributed by atoms with Crippen LogP contribution in [0.25, 0.3) is 0 Å². The van der Waals surface area contributed by atoms with Crippen molar-refractivity contribution in [1.82, 2.24) is 15.2 Å². The summed E-state index contributed by atoms with van der Waals surface area (Å²) in [5.74, 6) is 1.66. The standard InChI is InChI=1S/C23H34N4O3/c1-17(2)14-27(23(29)20-8-9-22(28)25-24-20)15-18-10-12-26(13-11-18)16-19-6-4-5-7-21(19)30-3/h4-7,17-18H,8-16H2,1-3H3,(H,25,28). The van der Waals surface area contributed by atoms with Crippen LogP contribution in [0.4, 0.5) is 0 Å². The van der Waals surface area contributed by atoms with Gasteiger partial charge >= 0.3 is 0 Å². The molecule has 0 bridgehead atoms. The van der Waals surface area contributed by atoms with E-state index in [9.17, 15) is 9.59 Å². The molecule has 0 aliphatic carbocycles. The molecule has 1 saturated heterocycles. The van der Waals surface area contributed by atoms with Gasteiger partial charge in [-0.05, 0) is 43.8 Å². The second-order valence-electron chi connectivity index (χ2n) is 8.73. The van der Waals surface area contributed by atoms with Crippen LogP contribution in [0.15, 0.2) is 29.4 Å². The molecule has 0 atom stereocenters. The predicted octanol–water partition coefficient (Wildman–Crippen LogP) is 2.66. The number of ether oxygens (including phenoxy) is 1. The van der Waals surface area contributed by atoms with E-state index in [-0.39, 0.29) is 11.8 Å². The second-order valence-corrected chi connectivity index (χ2v) is 8.73. The SMILES string of the molecule is COc1ccccc1CN1CCC(CN(CC(C)C)C(=O)C2=NNC(=O)CC2)CC1. The fourth-order valence-electron chi connectivity index (χ4n) is 4.21. The molecule has 0 saturated carbocycles. The van der Waals surface area contributed by atoms with Crippen LogP contribution >= 0.6 is 0 Å². The molecule has 7 heteroatoms. The van der Waals surface area contributed by atoms with Gasteiger partial charge in [-0.15, -0.1) is 0 Å². The van der Waals surface area contributed by atoms with Gasteiger partial charge in [0.05, 0.1) is 7.11 Å². The molecule has 1 N–H and O–H groups in total. The van der Waals surface area contributed by atoms with Crippen molar-refractivity contribution in [2.24, 2.45) is 16.9 Å². The second kappa shape index (κ2) is 10.6. The Kier molecular flexibility index (Phi) is 7.85. The van der Waals surface area contributed by atoms with Gasteiger partial charge in [0.2, 0.25) is 5.91 Å². The molecule has 7 nitrogen and oxygen atoms in total. The fraction of sp³-hybridized carbons (Fsp3) is 0.609. The molecule has 1 aromatic carbocycles. The van der Waals surface area contributed by atoms with Gasteiger partial charge in [0.25, 0.3) is 5.91 Å². The Morgan fingerprint density at radius 3 is 2.63 bits per heavy atom. The van der Waals surface area contributed by atoms with Crippen molar-refractivity contribution in [3.8, 4) is 5.75 Å². The lowest BCUT2D eigenvalue weighted by Crippen LogP contribution is -2.45. The molecular weight excluding hydrogens is 380 g/mol. The minimum atomic E-state index is -0.121. The number of para-hydroxylation sites is 1. The first-order chi connectivity index (χ1) is 14.5. The predicted molar refractivity (Wildman–Crippen MR) is 117 cm³/mol. The van der Waals surface area contributed by atoms with E-state index in [0.717, 1.165) is 44.8 Å². The van der Waals surface area contributed by atoms with Crippen molar-refractivity contribution < 1.29 is 14.3 Å². The zero-order chi connectivity index (χ0) is 21.5. The lowest BCUT2D eigenvalue weighted by atomic mass is 9.95. The first-order valence-corrected chi connectivity index (χ1v) is 10.9. The van der Waals surface area contributed by atoms with Gasteiger partial charge in [0.15, 0.2) is 0 Å². The first kappa shape index (κ1) is 22.3. The largest absolute Gasteiger partial charge is 0.496 e. The van der Waals surface area contributed by atoms with Gasteiger partial charge in [-0.1, -0.05) is 32.0 Å². The van der Waals surface area contributed by atoms with Gasteiger partial charge in [0.1, 0.15) is 11.5 Å². The first-order valence-electron chi connectivity index (χ1n) is 10.9. The van der Waals surface area contributed by atoms with Crippen LogP contribution in [0.3, 0.4) is 0 Å². The summed E-state index contributed by atoms with van der Waals surface area (Å²) in [6, 6.07) is 8.18. The molecule has 3 rings (SSSR count). The van der Waals surface area contributed by atoms with Gasteiger partial charge in [-0.3, -0.25) is 14.5 Å². The van der Waals surface area contributed by atoms with Crippen molar-refractivity contribution in [2.75, 3.05) is 33.3 Å². The number of piperidine rings is 1. The Labute approximate surface area is 179 Å². The van der Waals surface area contributed by atoms with E-state index < -0.39 is 0 Å². The normalized spacial score (nSPS) is 18.1. The highest BCUT2D eigenvalue weighted by atomic mass is 16.5. The third-order valence-electron chi connectivity index (χ3n) is 5.80. The highest BCUT2D eigenvalue weighted by molar-refractivity contribution is 6.39. The monoisotopic (exact) mass is 414 g/mol. The topological polar surface area (TPSA) is 74.2 Å². The molecule has 0 unspecified atom stereocenters. The molecule has 164 valence electrons. The van der Waals surface area contributed by atoms with Gasteiger partial charge in [-0.2, -0.15) is 5.10 Å². The lowest BCUT2D eigenvalue weighted by Gasteiger charge is -2.36. The summed E-state index contributed by atoms with van der Waals surface area (Å²) < 4.78 is 5.48. The van der Waals surface area contributed by atoms with E-state index in [1.807, 2.05) is 17.0 Å². The van der Waals surface area contributed by atoms with Gasteiger partial charge in [-0.25, -0.2) is 5.43 Å². The minimum Gasteiger partial charge on any atom is -0.496 e. The maximum Gasteiger partial charge on any atom is 0.270 e. The zero-order valence-corrected chi connectivity index (χ0v) is 18.4. The number of hydrogen-bond donors (Lipinski definition) is 1. The van der Waals surface area contributed by atoms with Crippen LogP contribution in [0.5, 0.6) is 5.75 Å². The number of carbonyl (C=O) groups is 2. The number of likely N-dealkylation sites (tertiary alicyclic amines) is 1. The summed E-state index contributed by atoms with van der Waals surface area (Å²) >= 11 is 0. The Bertz CT molecular complexity index is 769. The van der Waals surface area contributed by atoms with Crippen LogP contribution in [-0.2, 0) is 16.1 Å². The van der Waals surface area contributed by atoms with Gasteiger partial charge < -0.3 is 9.64 Å². The zero-order valence-electron chi connectivity index (χ0n) is 18.4. The highest BCUT2D eigenvalue weighted by Crippen LogP contribution is 2.24. The summed E-state index contributed by atoms with van der Waals surface area (Å²) in [7, 11) is 1.72. The van der Waals surface area contributed by atoms with Crippen molar-refractivity contribution in [1.29, 1.82) is 0 Å². The molecule has 1 fully saturated rings. The Morgan fingerprint density at radius 1 is 1.27 bits per heavy atom. The molecule has 2 heterocycles. The number of nitrogens with one attached hydrogen (secondary N) is 1. The minimum absolute atomic E-state index is 0.0276. The van der Waals surface area contributed by atoms with E-state index in [0.29, 0.717) is 36.9 Å². The average Bonchev–Trinajstić information content (AvgIpc) is 2.75. The van der Waals surface area contributed by atoms with Crippen LogP contribution in [0.2, 0.25) is 0 Å². The van der Waals surface area contributed by atoms with E-state index in [1.54, 1.807) is 7.11 Å². The summed E-state index contributed by atoms with van der Waals surface area (Å²) in [5.41, 5.74) is 4.14. The Hall–Kier alpha value is -2.41. The molecule has 2 amide bonds. The molecule has 1 aromatic rings.